The summed E-state index contributed by atoms with van der Waals surface area (Å²) in [6.45, 7) is 4.35. The normalized spacial score (nSPS) is 17.7. The first-order chi connectivity index (χ1) is 45.2. The van der Waals surface area contributed by atoms with Crippen LogP contribution in [0.1, 0.15) is 406 Å². The van der Waals surface area contributed by atoms with Crippen LogP contribution >= 0.6 is 0 Å². The van der Waals surface area contributed by atoms with Crippen molar-refractivity contribution in [1.29, 1.82) is 0 Å². The van der Waals surface area contributed by atoms with E-state index in [0.29, 0.717) is 19.4 Å². The Bertz CT molecular complexity index is 1620. The number of unbranched alkanes of at least 4 members (excludes halogenated alkanes) is 54. The molecule has 11 nitrogen and oxygen atoms in total. The summed E-state index contributed by atoms with van der Waals surface area (Å²) in [6, 6.07) is -0.823. The summed E-state index contributed by atoms with van der Waals surface area (Å²) in [5.74, 6) is -0.167. The molecular formula is C81H153NO10. The van der Waals surface area contributed by atoms with Crippen LogP contribution in [0.2, 0.25) is 0 Å². The maximum atomic E-state index is 13.0. The molecule has 0 aromatic carbocycles. The van der Waals surface area contributed by atoms with E-state index >= 15 is 0 Å². The van der Waals surface area contributed by atoms with E-state index in [4.69, 9.17) is 14.2 Å². The summed E-state index contributed by atoms with van der Waals surface area (Å²) in [4.78, 5) is 25.1. The summed E-state index contributed by atoms with van der Waals surface area (Å²) in [6.07, 6.45) is 82.1. The topological polar surface area (TPSA) is 175 Å². The van der Waals surface area contributed by atoms with Crippen LogP contribution in [0.3, 0.4) is 0 Å². The molecule has 1 amide bonds. The average Bonchev–Trinajstić information content (AvgIpc) is 0.959. The Labute approximate surface area is 568 Å². The predicted molar refractivity (Wildman–Crippen MR) is 389 cm³/mol. The summed E-state index contributed by atoms with van der Waals surface area (Å²) >= 11 is 0. The van der Waals surface area contributed by atoms with Crippen LogP contribution in [0.25, 0.3) is 0 Å². The second-order valence-electron chi connectivity index (χ2n) is 28.1. The molecule has 1 heterocycles. The molecule has 0 aromatic heterocycles. The first kappa shape index (κ1) is 87.9. The van der Waals surface area contributed by atoms with Crippen LogP contribution in [0.15, 0.2) is 36.5 Å². The second-order valence-corrected chi connectivity index (χ2v) is 28.1. The monoisotopic (exact) mass is 1300 g/mol. The summed E-state index contributed by atoms with van der Waals surface area (Å²) in [5.41, 5.74) is 0. The van der Waals surface area contributed by atoms with E-state index in [-0.39, 0.29) is 18.5 Å². The zero-order valence-electron chi connectivity index (χ0n) is 60.5. The van der Waals surface area contributed by atoms with Gasteiger partial charge in [-0.1, -0.05) is 359 Å². The van der Waals surface area contributed by atoms with Crippen molar-refractivity contribution in [3.63, 3.8) is 0 Å². The van der Waals surface area contributed by atoms with Crippen LogP contribution < -0.4 is 5.32 Å². The molecule has 0 bridgehead atoms. The van der Waals surface area contributed by atoms with Gasteiger partial charge in [-0.2, -0.15) is 0 Å². The number of rotatable bonds is 72. The second kappa shape index (κ2) is 70.2. The number of esters is 1. The van der Waals surface area contributed by atoms with E-state index in [2.05, 4.69) is 43.5 Å². The molecule has 1 fully saturated rings. The molecule has 0 aromatic rings. The molecule has 0 saturated carbocycles. The van der Waals surface area contributed by atoms with E-state index in [0.717, 1.165) is 51.4 Å². The van der Waals surface area contributed by atoms with Gasteiger partial charge in [0, 0.05) is 12.8 Å². The van der Waals surface area contributed by atoms with Crippen LogP contribution in [0.5, 0.6) is 0 Å². The largest absolute Gasteiger partial charge is 0.466 e. The lowest BCUT2D eigenvalue weighted by Crippen LogP contribution is -2.60. The first-order valence-electron chi connectivity index (χ1n) is 40.3. The summed E-state index contributed by atoms with van der Waals surface area (Å²) in [5, 5.41) is 54.4. The van der Waals surface area contributed by atoms with Crippen molar-refractivity contribution in [2.24, 2.45) is 0 Å². The van der Waals surface area contributed by atoms with E-state index < -0.39 is 49.5 Å². The Morgan fingerprint density at radius 3 is 1.09 bits per heavy atom. The summed E-state index contributed by atoms with van der Waals surface area (Å²) in [7, 11) is 0. The van der Waals surface area contributed by atoms with Crippen molar-refractivity contribution < 1.29 is 49.3 Å². The van der Waals surface area contributed by atoms with E-state index in [1.54, 1.807) is 6.08 Å². The molecule has 11 heteroatoms. The Morgan fingerprint density at radius 2 is 0.707 bits per heavy atom. The Kier molecular flexibility index (Phi) is 67.1. The van der Waals surface area contributed by atoms with Gasteiger partial charge in [0.1, 0.15) is 24.4 Å². The Balaban J connectivity index is 1.85. The van der Waals surface area contributed by atoms with Gasteiger partial charge in [0.25, 0.3) is 0 Å². The molecule has 1 rings (SSSR count). The van der Waals surface area contributed by atoms with Crippen LogP contribution in [0, 0.1) is 0 Å². The Morgan fingerprint density at radius 1 is 0.391 bits per heavy atom. The number of carbonyl (C=O) groups is 2. The lowest BCUT2D eigenvalue weighted by Gasteiger charge is -2.40. The van der Waals surface area contributed by atoms with Crippen molar-refractivity contribution in [1.82, 2.24) is 5.32 Å². The first-order valence-corrected chi connectivity index (χ1v) is 40.3. The van der Waals surface area contributed by atoms with Crippen molar-refractivity contribution >= 4 is 11.9 Å². The highest BCUT2D eigenvalue weighted by molar-refractivity contribution is 5.76. The van der Waals surface area contributed by atoms with Crippen LogP contribution in [0.4, 0.5) is 0 Å². The molecule has 1 aliphatic rings. The molecule has 542 valence electrons. The maximum absolute atomic E-state index is 13.0. The third-order valence-electron chi connectivity index (χ3n) is 19.2. The number of hydrogen-bond acceptors (Lipinski definition) is 10. The highest BCUT2D eigenvalue weighted by atomic mass is 16.7. The van der Waals surface area contributed by atoms with E-state index in [1.807, 2.05) is 6.08 Å². The molecule has 0 radical (unpaired) electrons. The fraction of sp³-hybridized carbons (Fsp3) is 0.901. The average molecular weight is 1300 g/mol. The predicted octanol–water partition coefficient (Wildman–Crippen LogP) is 21.7. The third-order valence-corrected chi connectivity index (χ3v) is 19.2. The van der Waals surface area contributed by atoms with Gasteiger partial charge in [-0.05, 0) is 70.6 Å². The van der Waals surface area contributed by atoms with Crippen LogP contribution in [-0.4, -0.2) is 100 Å². The lowest BCUT2D eigenvalue weighted by atomic mass is 9.99. The van der Waals surface area contributed by atoms with Crippen molar-refractivity contribution in [3.8, 4) is 0 Å². The number of aliphatic hydroxyl groups excluding tert-OH is 5. The van der Waals surface area contributed by atoms with Gasteiger partial charge in [0.2, 0.25) is 5.91 Å². The van der Waals surface area contributed by atoms with Gasteiger partial charge in [-0.3, -0.25) is 9.59 Å². The van der Waals surface area contributed by atoms with Gasteiger partial charge in [0.15, 0.2) is 6.29 Å². The molecule has 1 saturated heterocycles. The molecular weight excluding hydrogens is 1150 g/mol. The van der Waals surface area contributed by atoms with Gasteiger partial charge in [0.05, 0.1) is 32.0 Å². The van der Waals surface area contributed by atoms with Gasteiger partial charge < -0.3 is 45.1 Å². The quantitative estimate of drug-likeness (QED) is 0.0195. The molecule has 92 heavy (non-hydrogen) atoms. The summed E-state index contributed by atoms with van der Waals surface area (Å²) < 4.78 is 16.7. The fourth-order valence-corrected chi connectivity index (χ4v) is 12.9. The number of hydrogen-bond donors (Lipinski definition) is 6. The molecule has 7 atom stereocenters. The number of carbonyl (C=O) groups excluding carboxylic acids is 2. The molecule has 1 aliphatic heterocycles. The zero-order chi connectivity index (χ0) is 66.5. The highest BCUT2D eigenvalue weighted by Gasteiger charge is 2.44. The SMILES string of the molecule is CCCCCC/C=C/CC/C=C/C(O)C(COC1OC(CO)C(O)C(O)C1O)NC(=O)CCCCCCCCCCCCCCCCCCC/C=C\CCCCCCCCCCCCCCCCCCCCOC(=O)CCCCCCCCCCCCCCCCC. The van der Waals surface area contributed by atoms with Crippen molar-refractivity contribution in [3.05, 3.63) is 36.5 Å². The highest BCUT2D eigenvalue weighted by Crippen LogP contribution is 2.24. The third kappa shape index (κ3) is 58.1. The molecule has 0 aliphatic carbocycles. The number of aliphatic hydroxyl groups is 5. The number of nitrogens with one attached hydrogen (secondary N) is 1. The van der Waals surface area contributed by atoms with Gasteiger partial charge >= 0.3 is 5.97 Å². The van der Waals surface area contributed by atoms with E-state index in [9.17, 15) is 35.1 Å². The molecule has 6 N–H and O–H groups in total. The maximum Gasteiger partial charge on any atom is 0.305 e. The number of ether oxygens (including phenoxy) is 3. The minimum Gasteiger partial charge on any atom is -0.466 e. The smallest absolute Gasteiger partial charge is 0.305 e. The fourth-order valence-electron chi connectivity index (χ4n) is 12.9. The van der Waals surface area contributed by atoms with Crippen molar-refractivity contribution in [2.75, 3.05) is 19.8 Å². The number of allylic oxidation sites excluding steroid dienone is 5. The van der Waals surface area contributed by atoms with Crippen molar-refractivity contribution in [2.45, 2.75) is 448 Å². The Hall–Kier alpha value is -2.12. The molecule has 0 spiro atoms. The lowest BCUT2D eigenvalue weighted by molar-refractivity contribution is -0.302. The standard InChI is InChI=1S/C81H153NO10/c1-3-5-7-9-11-13-15-16-42-46-49-53-57-61-65-69-77(86)90-70-66-62-58-54-50-47-44-41-39-37-35-33-31-29-27-25-23-21-19-17-18-20-22-24-26-28-30-32-34-36-38-40-43-45-48-52-56-60-64-68-76(85)82-73(72-91-81-80(89)79(88)78(87)75(71-83)92-81)74(84)67-63-59-55-51-14-12-10-8-6-4-2/h14,17-18,51,63,67,73-75,78-81,83-84,87-89H,3-13,15-16,19-50,52-62,64-66,68-72H2,1-2H3,(H,82,85)/b18-17-,51-14+,67-63+. The van der Waals surface area contributed by atoms with Gasteiger partial charge in [-0.25, -0.2) is 0 Å². The minimum atomic E-state index is -1.57. The molecule has 7 unspecified atom stereocenters. The zero-order valence-corrected chi connectivity index (χ0v) is 60.5. The van der Waals surface area contributed by atoms with E-state index in [1.165, 1.54) is 327 Å². The number of amides is 1. The minimum absolute atomic E-state index is 0.0202. The van der Waals surface area contributed by atoms with Crippen LogP contribution in [-0.2, 0) is 23.8 Å². The van der Waals surface area contributed by atoms with Gasteiger partial charge in [-0.15, -0.1) is 0 Å².